The number of allylic oxidation sites excluding steroid dienone is 1. The minimum absolute atomic E-state index is 0.164. The number of rotatable bonds is 8. The molecule has 1 aromatic rings. The van der Waals surface area contributed by atoms with Gasteiger partial charge in [-0.15, -0.1) is 0 Å². The number of primary amides is 1. The third-order valence-corrected chi connectivity index (χ3v) is 4.71. The average Bonchev–Trinajstić information content (AvgIpc) is 3.11. The Morgan fingerprint density at radius 3 is 2.57 bits per heavy atom. The van der Waals surface area contributed by atoms with Crippen LogP contribution in [-0.4, -0.2) is 54.0 Å². The first-order valence-corrected chi connectivity index (χ1v) is 9.39. The molecule has 1 fully saturated rings. The van der Waals surface area contributed by atoms with Crippen molar-refractivity contribution in [3.05, 3.63) is 53.4 Å². The number of benzene rings is 1. The van der Waals surface area contributed by atoms with E-state index in [0.29, 0.717) is 17.7 Å². The zero-order chi connectivity index (χ0) is 22.4. The van der Waals surface area contributed by atoms with E-state index in [9.17, 15) is 18.8 Å². The van der Waals surface area contributed by atoms with E-state index in [-0.39, 0.29) is 36.8 Å². The predicted molar refractivity (Wildman–Crippen MR) is 113 cm³/mol. The largest absolute Gasteiger partial charge is 0.376 e. The van der Waals surface area contributed by atoms with Crippen LogP contribution in [0.5, 0.6) is 0 Å². The first-order valence-electron chi connectivity index (χ1n) is 9.39. The van der Waals surface area contributed by atoms with Crippen molar-refractivity contribution in [1.82, 2.24) is 10.2 Å². The zero-order valence-corrected chi connectivity index (χ0v) is 17.0. The lowest BCUT2D eigenvalue weighted by Gasteiger charge is -2.24. The number of carbonyl (C=O) groups is 3. The normalized spacial score (nSPS) is 15.5. The van der Waals surface area contributed by atoms with Crippen LogP contribution >= 0.6 is 0 Å². The highest BCUT2D eigenvalue weighted by Crippen LogP contribution is 2.22. The second kappa shape index (κ2) is 9.82. The summed E-state index contributed by atoms with van der Waals surface area (Å²) in [5, 5.41) is 13.2. The van der Waals surface area contributed by atoms with Crippen LogP contribution in [0.2, 0.25) is 0 Å². The van der Waals surface area contributed by atoms with E-state index in [1.807, 2.05) is 0 Å². The number of nitrogens with zero attached hydrogens (tertiary/aromatic N) is 1. The first kappa shape index (κ1) is 22.8. The van der Waals surface area contributed by atoms with Crippen LogP contribution in [0.4, 0.5) is 10.1 Å². The van der Waals surface area contributed by atoms with Crippen LogP contribution in [0.1, 0.15) is 25.8 Å². The summed E-state index contributed by atoms with van der Waals surface area (Å²) in [6.07, 6.45) is 0.303. The minimum atomic E-state index is -0.883. The first-order chi connectivity index (χ1) is 14.1. The van der Waals surface area contributed by atoms with Gasteiger partial charge in [0.1, 0.15) is 17.6 Å². The van der Waals surface area contributed by atoms with Gasteiger partial charge in [-0.1, -0.05) is 30.4 Å². The molecule has 1 aliphatic heterocycles. The average molecular weight is 415 g/mol. The van der Waals surface area contributed by atoms with Crippen molar-refractivity contribution >= 4 is 29.1 Å². The molecule has 0 saturated carbocycles. The Morgan fingerprint density at radius 2 is 1.93 bits per heavy atom. The van der Waals surface area contributed by atoms with Gasteiger partial charge in [-0.2, -0.15) is 0 Å². The minimum Gasteiger partial charge on any atom is -0.376 e. The third kappa shape index (κ3) is 5.53. The Balaban J connectivity index is 2.06. The molecule has 0 spiro atoms. The summed E-state index contributed by atoms with van der Waals surface area (Å²) < 4.78 is 13.7. The number of hydrogen-bond acceptors (Lipinski definition) is 5. The number of nitrogens with one attached hydrogen (secondary N) is 3. The van der Waals surface area contributed by atoms with Crippen LogP contribution in [0.3, 0.4) is 0 Å². The van der Waals surface area contributed by atoms with Crippen LogP contribution in [0.25, 0.3) is 0 Å². The zero-order valence-electron chi connectivity index (χ0n) is 17.0. The van der Waals surface area contributed by atoms with E-state index in [0.717, 1.165) is 5.57 Å². The molecule has 5 N–H and O–H groups in total. The second-order valence-corrected chi connectivity index (χ2v) is 7.25. The molecule has 0 aliphatic carbocycles. The number of likely N-dealkylation sites (tertiary alicyclic amines) is 1. The highest BCUT2D eigenvalue weighted by molar-refractivity contribution is 6.44. The van der Waals surface area contributed by atoms with Gasteiger partial charge in [-0.25, -0.2) is 4.39 Å². The molecule has 0 aromatic heterocycles. The Morgan fingerprint density at radius 1 is 1.27 bits per heavy atom. The predicted octanol–water partition coefficient (Wildman–Crippen LogP) is 1.49. The maximum Gasteiger partial charge on any atom is 0.267 e. The molecule has 160 valence electrons. The van der Waals surface area contributed by atoms with Crippen molar-refractivity contribution in [2.75, 3.05) is 25.0 Å². The van der Waals surface area contributed by atoms with E-state index in [4.69, 9.17) is 11.1 Å². The fourth-order valence-electron chi connectivity index (χ4n) is 3.02. The second-order valence-electron chi connectivity index (χ2n) is 7.25. The van der Waals surface area contributed by atoms with Gasteiger partial charge in [0.15, 0.2) is 0 Å². The molecular formula is C21H26FN5O3. The van der Waals surface area contributed by atoms with Gasteiger partial charge < -0.3 is 21.3 Å². The van der Waals surface area contributed by atoms with Gasteiger partial charge in [-0.3, -0.25) is 19.8 Å². The van der Waals surface area contributed by atoms with Crippen LogP contribution in [-0.2, 0) is 14.4 Å². The molecule has 8 nitrogen and oxygen atoms in total. The van der Waals surface area contributed by atoms with E-state index in [1.54, 1.807) is 38.1 Å². The van der Waals surface area contributed by atoms with Gasteiger partial charge >= 0.3 is 0 Å². The van der Waals surface area contributed by atoms with E-state index in [1.165, 1.54) is 4.90 Å². The van der Waals surface area contributed by atoms with Crippen LogP contribution < -0.4 is 16.4 Å². The van der Waals surface area contributed by atoms with E-state index in [2.05, 4.69) is 17.2 Å². The van der Waals surface area contributed by atoms with E-state index < -0.39 is 23.7 Å². The van der Waals surface area contributed by atoms with Crippen molar-refractivity contribution in [1.29, 1.82) is 5.41 Å². The topological polar surface area (TPSA) is 128 Å². The fraction of sp³-hybridized carbons (Fsp3) is 0.333. The molecule has 9 heteroatoms. The summed E-state index contributed by atoms with van der Waals surface area (Å²) in [7, 11) is 0. The molecule has 0 radical (unpaired) electrons. The van der Waals surface area contributed by atoms with Crippen molar-refractivity contribution in [3.63, 3.8) is 0 Å². The molecule has 1 aliphatic rings. The van der Waals surface area contributed by atoms with Gasteiger partial charge in [0.25, 0.3) is 5.91 Å². The molecule has 0 unspecified atom stereocenters. The number of amides is 3. The SMILES string of the molecule is C=C1C[C@@H](C(=O)NCC(F)=C(C)C)N(C(=O)CNc2ccccc2C(=N)C(N)=O)C1. The number of hydrogen-bond donors (Lipinski definition) is 4. The molecule has 1 saturated heterocycles. The molecule has 1 aromatic carbocycles. The summed E-state index contributed by atoms with van der Waals surface area (Å²) in [5.41, 5.74) is 6.68. The fourth-order valence-corrected chi connectivity index (χ4v) is 3.02. The Bertz CT molecular complexity index is 921. The summed E-state index contributed by atoms with van der Waals surface area (Å²) in [6, 6.07) is 5.74. The summed E-state index contributed by atoms with van der Waals surface area (Å²) in [4.78, 5) is 37.9. The number of halogens is 1. The third-order valence-electron chi connectivity index (χ3n) is 4.71. The highest BCUT2D eigenvalue weighted by atomic mass is 19.1. The van der Waals surface area contributed by atoms with E-state index >= 15 is 0 Å². The van der Waals surface area contributed by atoms with Crippen molar-refractivity contribution in [3.8, 4) is 0 Å². The highest BCUT2D eigenvalue weighted by Gasteiger charge is 2.35. The molecule has 1 atom stereocenters. The molecule has 1 heterocycles. The standard InChI is InChI=1S/C21H26FN5O3/c1-12(2)15(22)9-26-21(30)17-8-13(3)11-27(17)18(28)10-25-16-7-5-4-6-14(16)19(23)20(24)29/h4-7,17,23,25H,3,8-11H2,1-2H3,(H2,24,29)(H,26,30)/t17-/m0/s1. The van der Waals surface area contributed by atoms with Gasteiger partial charge in [-0.05, 0) is 31.9 Å². The molecule has 0 bridgehead atoms. The van der Waals surface area contributed by atoms with Crippen LogP contribution in [0, 0.1) is 5.41 Å². The van der Waals surface area contributed by atoms with Gasteiger partial charge in [0.2, 0.25) is 11.8 Å². The van der Waals surface area contributed by atoms with Crippen LogP contribution in [0.15, 0.2) is 47.8 Å². The number of para-hydroxylation sites is 1. The van der Waals surface area contributed by atoms with Crippen molar-refractivity contribution in [2.45, 2.75) is 26.3 Å². The maximum atomic E-state index is 13.7. The van der Waals surface area contributed by atoms with Gasteiger partial charge in [0, 0.05) is 17.8 Å². The number of nitrogens with two attached hydrogens (primary N) is 1. The van der Waals surface area contributed by atoms with Gasteiger partial charge in [0.05, 0.1) is 13.1 Å². The number of anilines is 1. The maximum absolute atomic E-state index is 13.7. The lowest BCUT2D eigenvalue weighted by Crippen LogP contribution is -2.47. The molecule has 2 rings (SSSR count). The Labute approximate surface area is 174 Å². The summed E-state index contributed by atoms with van der Waals surface area (Å²) in [6.45, 7) is 6.91. The smallest absolute Gasteiger partial charge is 0.267 e. The quantitative estimate of drug-likeness (QED) is 0.379. The Hall–Kier alpha value is -3.49. The molecule has 30 heavy (non-hydrogen) atoms. The summed E-state index contributed by atoms with van der Waals surface area (Å²) in [5.74, 6) is -2.12. The Kier molecular flexibility index (Phi) is 7.46. The van der Waals surface area contributed by atoms with Crippen molar-refractivity contribution in [2.24, 2.45) is 5.73 Å². The lowest BCUT2D eigenvalue weighted by molar-refractivity contribution is -0.137. The lowest BCUT2D eigenvalue weighted by atomic mass is 10.1. The number of carbonyl (C=O) groups excluding carboxylic acids is 3. The monoisotopic (exact) mass is 415 g/mol. The van der Waals surface area contributed by atoms with Crippen molar-refractivity contribution < 1.29 is 18.8 Å². The molecule has 3 amide bonds. The molecular weight excluding hydrogens is 389 g/mol. The summed E-state index contributed by atoms with van der Waals surface area (Å²) >= 11 is 0.